The summed E-state index contributed by atoms with van der Waals surface area (Å²) in [4.78, 5) is 22.1. The van der Waals surface area contributed by atoms with Gasteiger partial charge in [0.15, 0.2) is 5.69 Å². The highest BCUT2D eigenvalue weighted by molar-refractivity contribution is 5.93. The number of nitrogens with two attached hydrogens (primary N) is 1. The smallest absolute Gasteiger partial charge is 0.356 e. The summed E-state index contributed by atoms with van der Waals surface area (Å²) in [6.07, 6.45) is 0. The summed E-state index contributed by atoms with van der Waals surface area (Å²) < 4.78 is 1.34. The monoisotopic (exact) mass is 260 g/mol. The number of carbonyl (C=O) groups is 2. The summed E-state index contributed by atoms with van der Waals surface area (Å²) in [6, 6.07) is 8.08. The zero-order valence-electron chi connectivity index (χ0n) is 10.1. The van der Waals surface area contributed by atoms with Crippen molar-refractivity contribution in [3.8, 4) is 5.69 Å². The topological polar surface area (TPSA) is 110 Å². The minimum absolute atomic E-state index is 0.132. The van der Waals surface area contributed by atoms with Gasteiger partial charge in [0.2, 0.25) is 0 Å². The van der Waals surface area contributed by atoms with Crippen LogP contribution in [0.5, 0.6) is 0 Å². The Morgan fingerprint density at radius 3 is 2.47 bits per heavy atom. The molecule has 2 amide bonds. The second kappa shape index (κ2) is 4.81. The standard InChI is InChI=1S/C12H12N4O3/c1-7-9(11(17)18)15-16(10(7)14-12(13)19)8-5-3-2-4-6-8/h2-6H,1H3,(H,17,18)(H3,13,14,19). The van der Waals surface area contributed by atoms with Crippen LogP contribution in [-0.4, -0.2) is 26.9 Å². The number of aromatic carboxylic acids is 1. The van der Waals surface area contributed by atoms with Crippen LogP contribution in [0, 0.1) is 6.92 Å². The van der Waals surface area contributed by atoms with Crippen LogP contribution in [0.4, 0.5) is 10.6 Å². The van der Waals surface area contributed by atoms with Gasteiger partial charge in [-0.2, -0.15) is 5.10 Å². The Labute approximate surface area is 108 Å². The number of primary amides is 1. The highest BCUT2D eigenvalue weighted by Gasteiger charge is 2.21. The van der Waals surface area contributed by atoms with E-state index in [2.05, 4.69) is 10.4 Å². The van der Waals surface area contributed by atoms with Crippen LogP contribution in [0.1, 0.15) is 16.1 Å². The van der Waals surface area contributed by atoms with Crippen LogP contribution in [0.15, 0.2) is 30.3 Å². The van der Waals surface area contributed by atoms with E-state index >= 15 is 0 Å². The van der Waals surface area contributed by atoms with Crippen LogP contribution < -0.4 is 11.1 Å². The quantitative estimate of drug-likeness (QED) is 0.773. The van der Waals surface area contributed by atoms with Gasteiger partial charge in [0.25, 0.3) is 0 Å². The Morgan fingerprint density at radius 2 is 1.95 bits per heavy atom. The summed E-state index contributed by atoms with van der Waals surface area (Å²) in [7, 11) is 0. The summed E-state index contributed by atoms with van der Waals surface area (Å²) in [6.45, 7) is 1.56. The first-order chi connectivity index (χ1) is 9.00. The molecule has 0 aliphatic rings. The molecule has 0 aliphatic heterocycles. The molecule has 1 aromatic heterocycles. The molecule has 0 saturated carbocycles. The van der Waals surface area contributed by atoms with Crippen molar-refractivity contribution in [1.82, 2.24) is 9.78 Å². The van der Waals surface area contributed by atoms with Crippen molar-refractivity contribution < 1.29 is 14.7 Å². The second-order valence-corrected chi connectivity index (χ2v) is 3.86. The summed E-state index contributed by atoms with van der Waals surface area (Å²) >= 11 is 0. The van der Waals surface area contributed by atoms with Gasteiger partial charge in [-0.3, -0.25) is 5.32 Å². The Balaban J connectivity index is 2.62. The number of carboxylic acids is 1. The molecule has 4 N–H and O–H groups in total. The maximum Gasteiger partial charge on any atom is 0.356 e. The van der Waals surface area contributed by atoms with Crippen molar-refractivity contribution in [1.29, 1.82) is 0 Å². The van der Waals surface area contributed by atoms with Crippen molar-refractivity contribution in [3.05, 3.63) is 41.6 Å². The molecule has 2 rings (SSSR count). The largest absolute Gasteiger partial charge is 0.476 e. The lowest BCUT2D eigenvalue weighted by Crippen LogP contribution is -2.21. The number of benzene rings is 1. The number of rotatable bonds is 3. The number of aromatic nitrogens is 2. The molecule has 98 valence electrons. The van der Waals surface area contributed by atoms with Crippen molar-refractivity contribution in [2.45, 2.75) is 6.92 Å². The van der Waals surface area contributed by atoms with Gasteiger partial charge in [0.05, 0.1) is 5.69 Å². The molecule has 0 spiro atoms. The zero-order valence-corrected chi connectivity index (χ0v) is 10.1. The summed E-state index contributed by atoms with van der Waals surface area (Å²) in [5.41, 5.74) is 5.92. The van der Waals surface area contributed by atoms with Gasteiger partial charge < -0.3 is 10.8 Å². The fraction of sp³-hybridized carbons (Fsp3) is 0.0833. The Hall–Kier alpha value is -2.83. The molecule has 2 aromatic rings. The number of carboxylic acid groups (broad SMARTS) is 1. The normalized spacial score (nSPS) is 10.2. The Morgan fingerprint density at radius 1 is 1.32 bits per heavy atom. The minimum Gasteiger partial charge on any atom is -0.476 e. The predicted octanol–water partition coefficient (Wildman–Crippen LogP) is 1.37. The molecular weight excluding hydrogens is 248 g/mol. The lowest BCUT2D eigenvalue weighted by Gasteiger charge is -2.07. The highest BCUT2D eigenvalue weighted by Crippen LogP contribution is 2.23. The van der Waals surface area contributed by atoms with Gasteiger partial charge in [0.1, 0.15) is 5.82 Å². The lowest BCUT2D eigenvalue weighted by molar-refractivity contribution is 0.0689. The molecule has 0 atom stereocenters. The number of hydrogen-bond acceptors (Lipinski definition) is 3. The van der Waals surface area contributed by atoms with Crippen LogP contribution in [-0.2, 0) is 0 Å². The number of nitrogens with zero attached hydrogens (tertiary/aromatic N) is 2. The van der Waals surface area contributed by atoms with Crippen molar-refractivity contribution >= 4 is 17.8 Å². The lowest BCUT2D eigenvalue weighted by atomic mass is 10.2. The van der Waals surface area contributed by atoms with E-state index in [0.29, 0.717) is 11.3 Å². The SMILES string of the molecule is Cc1c(C(=O)O)nn(-c2ccccc2)c1NC(N)=O. The number of hydrogen-bond donors (Lipinski definition) is 3. The molecule has 1 heterocycles. The number of anilines is 1. The molecule has 1 aromatic carbocycles. The molecule has 7 heteroatoms. The second-order valence-electron chi connectivity index (χ2n) is 3.86. The number of nitrogens with one attached hydrogen (secondary N) is 1. The van der Waals surface area contributed by atoms with Crippen LogP contribution in [0.25, 0.3) is 5.69 Å². The first kappa shape index (κ1) is 12.6. The number of urea groups is 1. The highest BCUT2D eigenvalue weighted by atomic mass is 16.4. The van der Waals surface area contributed by atoms with Crippen molar-refractivity contribution in [2.24, 2.45) is 5.73 Å². The fourth-order valence-corrected chi connectivity index (χ4v) is 1.72. The van der Waals surface area contributed by atoms with E-state index < -0.39 is 12.0 Å². The molecule has 7 nitrogen and oxygen atoms in total. The van der Waals surface area contributed by atoms with Crippen LogP contribution in [0.3, 0.4) is 0 Å². The van der Waals surface area contributed by atoms with E-state index in [1.807, 2.05) is 6.07 Å². The first-order valence-corrected chi connectivity index (χ1v) is 5.45. The van der Waals surface area contributed by atoms with Crippen molar-refractivity contribution in [2.75, 3.05) is 5.32 Å². The van der Waals surface area contributed by atoms with Gasteiger partial charge >= 0.3 is 12.0 Å². The third-order valence-electron chi connectivity index (χ3n) is 2.57. The predicted molar refractivity (Wildman–Crippen MR) is 68.5 cm³/mol. The fourth-order valence-electron chi connectivity index (χ4n) is 1.72. The van der Waals surface area contributed by atoms with E-state index in [9.17, 15) is 9.59 Å². The van der Waals surface area contributed by atoms with Gasteiger partial charge in [0, 0.05) is 5.56 Å². The molecule has 0 saturated heterocycles. The average molecular weight is 260 g/mol. The first-order valence-electron chi connectivity index (χ1n) is 5.45. The third-order valence-corrected chi connectivity index (χ3v) is 2.57. The van der Waals surface area contributed by atoms with E-state index in [0.717, 1.165) is 0 Å². The number of carbonyl (C=O) groups excluding carboxylic acids is 1. The molecular formula is C12H12N4O3. The van der Waals surface area contributed by atoms with E-state index in [1.165, 1.54) is 4.68 Å². The molecule has 0 aliphatic carbocycles. The zero-order chi connectivity index (χ0) is 14.0. The molecule has 0 radical (unpaired) electrons. The van der Waals surface area contributed by atoms with Gasteiger partial charge in [-0.05, 0) is 19.1 Å². The average Bonchev–Trinajstić information content (AvgIpc) is 2.68. The Bertz CT molecular complexity index is 634. The summed E-state index contributed by atoms with van der Waals surface area (Å²) in [5, 5.41) is 15.4. The van der Waals surface area contributed by atoms with Gasteiger partial charge in [-0.15, -0.1) is 0 Å². The molecule has 19 heavy (non-hydrogen) atoms. The third kappa shape index (κ3) is 2.39. The van der Waals surface area contributed by atoms with Crippen LogP contribution >= 0.6 is 0 Å². The number of amides is 2. The maximum atomic E-state index is 11.1. The van der Waals surface area contributed by atoms with Crippen molar-refractivity contribution in [3.63, 3.8) is 0 Å². The van der Waals surface area contributed by atoms with E-state index in [-0.39, 0.29) is 11.5 Å². The molecule has 0 bridgehead atoms. The van der Waals surface area contributed by atoms with Crippen LogP contribution in [0.2, 0.25) is 0 Å². The Kier molecular flexibility index (Phi) is 3.19. The van der Waals surface area contributed by atoms with Gasteiger partial charge in [-0.1, -0.05) is 18.2 Å². The maximum absolute atomic E-state index is 11.1. The molecule has 0 unspecified atom stereocenters. The molecule has 0 fully saturated rings. The summed E-state index contributed by atoms with van der Waals surface area (Å²) in [5.74, 6) is -0.921. The van der Waals surface area contributed by atoms with E-state index in [1.54, 1.807) is 31.2 Å². The van der Waals surface area contributed by atoms with Gasteiger partial charge in [-0.25, -0.2) is 14.3 Å². The number of para-hydroxylation sites is 1. The minimum atomic E-state index is -1.17. The van der Waals surface area contributed by atoms with E-state index in [4.69, 9.17) is 10.8 Å².